The van der Waals surface area contributed by atoms with Gasteiger partial charge >= 0.3 is 0 Å². The quantitative estimate of drug-likeness (QED) is 0.672. The lowest BCUT2D eigenvalue weighted by atomic mass is 10.2. The molecule has 4 heteroatoms. The number of aliphatic hydroxyl groups excluding tert-OH is 1. The Morgan fingerprint density at radius 3 is 2.80 bits per heavy atom. The predicted molar refractivity (Wildman–Crippen MR) is 81.1 cm³/mol. The highest BCUT2D eigenvalue weighted by molar-refractivity contribution is 5.20. The molecule has 0 amide bonds. The van der Waals surface area contributed by atoms with E-state index in [2.05, 4.69) is 10.2 Å². The smallest absolute Gasteiger partial charge is 0.119 e. The summed E-state index contributed by atoms with van der Waals surface area (Å²) in [6, 6.07) is 10.5. The second-order valence-electron chi connectivity index (χ2n) is 5.33. The van der Waals surface area contributed by atoms with Crippen LogP contribution >= 0.6 is 0 Å². The topological polar surface area (TPSA) is 44.7 Å². The fraction of sp³-hybridized carbons (Fsp3) is 0.625. The lowest BCUT2D eigenvalue weighted by molar-refractivity contribution is 0.173. The van der Waals surface area contributed by atoms with E-state index in [1.165, 1.54) is 12.8 Å². The van der Waals surface area contributed by atoms with Crippen molar-refractivity contribution in [3.8, 4) is 5.75 Å². The zero-order chi connectivity index (χ0) is 14.0. The van der Waals surface area contributed by atoms with Crippen molar-refractivity contribution in [2.75, 3.05) is 39.4 Å². The van der Waals surface area contributed by atoms with E-state index >= 15 is 0 Å². The van der Waals surface area contributed by atoms with Crippen molar-refractivity contribution >= 4 is 0 Å². The average molecular weight is 278 g/mol. The molecule has 1 aromatic rings. The summed E-state index contributed by atoms with van der Waals surface area (Å²) < 4.78 is 5.70. The van der Waals surface area contributed by atoms with Crippen molar-refractivity contribution in [2.45, 2.75) is 25.3 Å². The van der Waals surface area contributed by atoms with Crippen LogP contribution in [0.25, 0.3) is 0 Å². The summed E-state index contributed by atoms with van der Waals surface area (Å²) in [5.74, 6) is 0.929. The Kier molecular flexibility index (Phi) is 6.84. The van der Waals surface area contributed by atoms with Gasteiger partial charge in [-0.15, -0.1) is 0 Å². The van der Waals surface area contributed by atoms with E-state index in [0.29, 0.717) is 6.04 Å². The molecule has 1 unspecified atom stereocenters. The Morgan fingerprint density at radius 2 is 2.10 bits per heavy atom. The Hall–Kier alpha value is -1.10. The van der Waals surface area contributed by atoms with Gasteiger partial charge in [0.25, 0.3) is 0 Å². The highest BCUT2D eigenvalue weighted by atomic mass is 16.5. The molecule has 0 aromatic heterocycles. The maximum absolute atomic E-state index is 9.15. The lowest BCUT2D eigenvalue weighted by Gasteiger charge is -2.24. The number of para-hydroxylation sites is 1. The largest absolute Gasteiger partial charge is 0.494 e. The van der Waals surface area contributed by atoms with Crippen LogP contribution in [-0.4, -0.2) is 55.4 Å². The van der Waals surface area contributed by atoms with E-state index in [4.69, 9.17) is 9.84 Å². The monoisotopic (exact) mass is 278 g/mol. The van der Waals surface area contributed by atoms with Crippen LogP contribution in [0.5, 0.6) is 5.75 Å². The third-order valence-electron chi connectivity index (χ3n) is 3.69. The number of ether oxygens (including phenoxy) is 1. The third kappa shape index (κ3) is 5.49. The van der Waals surface area contributed by atoms with Crippen LogP contribution < -0.4 is 10.1 Å². The first kappa shape index (κ1) is 15.3. The van der Waals surface area contributed by atoms with Gasteiger partial charge in [-0.25, -0.2) is 0 Å². The van der Waals surface area contributed by atoms with Crippen LogP contribution in [0.3, 0.4) is 0 Å². The molecule has 1 aliphatic rings. The van der Waals surface area contributed by atoms with Crippen LogP contribution in [0, 0.1) is 0 Å². The van der Waals surface area contributed by atoms with Gasteiger partial charge in [-0.1, -0.05) is 18.2 Å². The molecule has 1 saturated heterocycles. The van der Waals surface area contributed by atoms with Crippen molar-refractivity contribution < 1.29 is 9.84 Å². The minimum Gasteiger partial charge on any atom is -0.494 e. The molecule has 112 valence electrons. The maximum atomic E-state index is 9.15. The Morgan fingerprint density at radius 1 is 1.25 bits per heavy atom. The van der Waals surface area contributed by atoms with Crippen molar-refractivity contribution in [3.63, 3.8) is 0 Å². The number of rotatable bonds is 9. The standard InChI is InChI=1S/C16H26N2O2/c19-12-11-18(14-15-6-4-9-17-15)10-5-13-20-16-7-2-1-3-8-16/h1-3,7-8,15,17,19H,4-6,9-14H2. The molecule has 1 heterocycles. The summed E-state index contributed by atoms with van der Waals surface area (Å²) in [7, 11) is 0. The molecule has 0 radical (unpaired) electrons. The first-order valence-corrected chi connectivity index (χ1v) is 7.63. The van der Waals surface area contributed by atoms with E-state index < -0.39 is 0 Å². The van der Waals surface area contributed by atoms with Gasteiger partial charge < -0.3 is 15.2 Å². The lowest BCUT2D eigenvalue weighted by Crippen LogP contribution is -2.39. The second-order valence-corrected chi connectivity index (χ2v) is 5.33. The number of hydrogen-bond donors (Lipinski definition) is 2. The average Bonchev–Trinajstić information content (AvgIpc) is 2.98. The summed E-state index contributed by atoms with van der Waals surface area (Å²) in [5.41, 5.74) is 0. The molecule has 20 heavy (non-hydrogen) atoms. The summed E-state index contributed by atoms with van der Waals surface area (Å²) in [6.45, 7) is 4.85. The summed E-state index contributed by atoms with van der Waals surface area (Å²) in [6.07, 6.45) is 3.51. The van der Waals surface area contributed by atoms with Gasteiger partial charge in [0.2, 0.25) is 0 Å². The van der Waals surface area contributed by atoms with E-state index in [9.17, 15) is 0 Å². The van der Waals surface area contributed by atoms with E-state index in [0.717, 1.165) is 45.0 Å². The van der Waals surface area contributed by atoms with Gasteiger partial charge in [-0.2, -0.15) is 0 Å². The highest BCUT2D eigenvalue weighted by Crippen LogP contribution is 2.09. The zero-order valence-corrected chi connectivity index (χ0v) is 12.1. The Balaban J connectivity index is 1.63. The summed E-state index contributed by atoms with van der Waals surface area (Å²) in [4.78, 5) is 2.33. The molecule has 1 aliphatic heterocycles. The molecule has 1 aromatic carbocycles. The number of nitrogens with one attached hydrogen (secondary N) is 1. The van der Waals surface area contributed by atoms with Crippen molar-refractivity contribution in [2.24, 2.45) is 0 Å². The van der Waals surface area contributed by atoms with Crippen LogP contribution in [0.1, 0.15) is 19.3 Å². The van der Waals surface area contributed by atoms with Gasteiger partial charge in [0.15, 0.2) is 0 Å². The van der Waals surface area contributed by atoms with Gasteiger partial charge in [0.05, 0.1) is 13.2 Å². The van der Waals surface area contributed by atoms with E-state index in [-0.39, 0.29) is 6.61 Å². The first-order chi connectivity index (χ1) is 9.88. The van der Waals surface area contributed by atoms with Gasteiger partial charge in [-0.05, 0) is 37.9 Å². The highest BCUT2D eigenvalue weighted by Gasteiger charge is 2.17. The second kappa shape index (κ2) is 8.95. The molecule has 0 spiro atoms. The van der Waals surface area contributed by atoms with Gasteiger partial charge in [0, 0.05) is 25.7 Å². The summed E-state index contributed by atoms with van der Waals surface area (Å²) in [5, 5.41) is 12.7. The molecule has 4 nitrogen and oxygen atoms in total. The van der Waals surface area contributed by atoms with E-state index in [1.54, 1.807) is 0 Å². The van der Waals surface area contributed by atoms with Crippen LogP contribution in [-0.2, 0) is 0 Å². The summed E-state index contributed by atoms with van der Waals surface area (Å²) >= 11 is 0. The fourth-order valence-electron chi connectivity index (χ4n) is 2.65. The van der Waals surface area contributed by atoms with E-state index in [1.807, 2.05) is 30.3 Å². The zero-order valence-electron chi connectivity index (χ0n) is 12.1. The molecule has 0 aliphatic carbocycles. The van der Waals surface area contributed by atoms with Crippen LogP contribution in [0.2, 0.25) is 0 Å². The van der Waals surface area contributed by atoms with Gasteiger partial charge in [0.1, 0.15) is 5.75 Å². The SMILES string of the molecule is OCCN(CCCOc1ccccc1)CC1CCCN1. The Labute approximate surface area is 121 Å². The van der Waals surface area contributed by atoms with Crippen LogP contribution in [0.15, 0.2) is 30.3 Å². The van der Waals surface area contributed by atoms with Crippen LogP contribution in [0.4, 0.5) is 0 Å². The number of hydrogen-bond acceptors (Lipinski definition) is 4. The third-order valence-corrected chi connectivity index (χ3v) is 3.69. The minimum atomic E-state index is 0.228. The maximum Gasteiger partial charge on any atom is 0.119 e. The first-order valence-electron chi connectivity index (χ1n) is 7.63. The minimum absolute atomic E-state index is 0.228. The number of benzene rings is 1. The molecule has 1 atom stereocenters. The predicted octanol–water partition coefficient (Wildman–Crippen LogP) is 1.50. The van der Waals surface area contributed by atoms with Crippen molar-refractivity contribution in [1.82, 2.24) is 10.2 Å². The molecule has 1 fully saturated rings. The molecule has 0 bridgehead atoms. The molecule has 2 N–H and O–H groups in total. The van der Waals surface area contributed by atoms with Gasteiger partial charge in [-0.3, -0.25) is 4.90 Å². The molecular formula is C16H26N2O2. The van der Waals surface area contributed by atoms with Crippen molar-refractivity contribution in [1.29, 1.82) is 0 Å². The number of aliphatic hydroxyl groups is 1. The Bertz CT molecular complexity index is 353. The number of nitrogens with zero attached hydrogens (tertiary/aromatic N) is 1. The molecular weight excluding hydrogens is 252 g/mol. The molecule has 2 rings (SSSR count). The van der Waals surface area contributed by atoms with Crippen molar-refractivity contribution in [3.05, 3.63) is 30.3 Å². The normalized spacial score (nSPS) is 18.6. The molecule has 0 saturated carbocycles. The fourth-order valence-corrected chi connectivity index (χ4v) is 2.65.